The van der Waals surface area contributed by atoms with Crippen LogP contribution in [0.15, 0.2) is 18.2 Å². The zero-order valence-electron chi connectivity index (χ0n) is 11.3. The van der Waals surface area contributed by atoms with Crippen LogP contribution in [0.3, 0.4) is 0 Å². The number of amides is 1. The molecule has 4 nitrogen and oxygen atoms in total. The SMILES string of the molecule is CN1CCC(CN(C)C(=O)c2cc(F)ccc2O)C1. The van der Waals surface area contributed by atoms with E-state index < -0.39 is 5.82 Å². The Morgan fingerprint density at radius 2 is 2.32 bits per heavy atom. The monoisotopic (exact) mass is 266 g/mol. The summed E-state index contributed by atoms with van der Waals surface area (Å²) in [7, 11) is 3.74. The summed E-state index contributed by atoms with van der Waals surface area (Å²) in [5.74, 6) is -0.599. The van der Waals surface area contributed by atoms with Gasteiger partial charge in [0.2, 0.25) is 0 Å². The van der Waals surface area contributed by atoms with Gasteiger partial charge in [0.15, 0.2) is 0 Å². The number of benzene rings is 1. The lowest BCUT2D eigenvalue weighted by molar-refractivity contribution is 0.0770. The predicted octanol–water partition coefficient (Wildman–Crippen LogP) is 1.55. The molecule has 1 amide bonds. The van der Waals surface area contributed by atoms with Crippen LogP contribution in [0.2, 0.25) is 0 Å². The van der Waals surface area contributed by atoms with Gasteiger partial charge in [-0.25, -0.2) is 4.39 Å². The van der Waals surface area contributed by atoms with E-state index in [2.05, 4.69) is 11.9 Å². The van der Waals surface area contributed by atoms with Crippen molar-refractivity contribution in [3.05, 3.63) is 29.6 Å². The molecule has 19 heavy (non-hydrogen) atoms. The summed E-state index contributed by atoms with van der Waals surface area (Å²) in [6, 6.07) is 3.42. The number of likely N-dealkylation sites (tertiary alicyclic amines) is 1. The van der Waals surface area contributed by atoms with Crippen molar-refractivity contribution in [3.63, 3.8) is 0 Å². The first-order valence-corrected chi connectivity index (χ1v) is 6.40. The second kappa shape index (κ2) is 5.57. The molecule has 1 aromatic rings. The van der Waals surface area contributed by atoms with Gasteiger partial charge in [0.05, 0.1) is 5.56 Å². The summed E-state index contributed by atoms with van der Waals surface area (Å²) in [6.07, 6.45) is 1.06. The topological polar surface area (TPSA) is 43.8 Å². The molecular formula is C14H19FN2O2. The van der Waals surface area contributed by atoms with Crippen molar-refractivity contribution in [2.75, 3.05) is 33.7 Å². The van der Waals surface area contributed by atoms with Crippen LogP contribution in [0.5, 0.6) is 5.75 Å². The number of carbonyl (C=O) groups is 1. The van der Waals surface area contributed by atoms with Crippen molar-refractivity contribution in [3.8, 4) is 5.75 Å². The number of aromatic hydroxyl groups is 1. The second-order valence-electron chi connectivity index (χ2n) is 5.26. The quantitative estimate of drug-likeness (QED) is 0.903. The standard InChI is InChI=1S/C14H19FN2O2/c1-16-6-5-10(8-16)9-17(2)14(19)12-7-11(15)3-4-13(12)18/h3-4,7,10,18H,5-6,8-9H2,1-2H3. The first kappa shape index (κ1) is 13.8. The van der Waals surface area contributed by atoms with Gasteiger partial charge in [-0.15, -0.1) is 0 Å². The number of hydrogen-bond donors (Lipinski definition) is 1. The number of halogens is 1. The van der Waals surface area contributed by atoms with Crippen molar-refractivity contribution in [2.24, 2.45) is 5.92 Å². The zero-order chi connectivity index (χ0) is 14.0. The van der Waals surface area contributed by atoms with Gasteiger partial charge in [0.1, 0.15) is 11.6 Å². The Balaban J connectivity index is 2.04. The second-order valence-corrected chi connectivity index (χ2v) is 5.26. The Bertz CT molecular complexity index is 479. The smallest absolute Gasteiger partial charge is 0.257 e. The van der Waals surface area contributed by atoms with Gasteiger partial charge in [-0.3, -0.25) is 4.79 Å². The van der Waals surface area contributed by atoms with Crippen LogP contribution in [-0.4, -0.2) is 54.5 Å². The lowest BCUT2D eigenvalue weighted by atomic mass is 10.1. The lowest BCUT2D eigenvalue weighted by Crippen LogP contribution is -2.32. The van der Waals surface area contributed by atoms with E-state index in [0.717, 1.165) is 31.6 Å². The first-order valence-electron chi connectivity index (χ1n) is 6.40. The van der Waals surface area contributed by atoms with E-state index in [1.807, 2.05) is 0 Å². The molecule has 1 atom stereocenters. The highest BCUT2D eigenvalue weighted by Gasteiger charge is 2.24. The molecule has 104 valence electrons. The van der Waals surface area contributed by atoms with Crippen molar-refractivity contribution >= 4 is 5.91 Å². The highest BCUT2D eigenvalue weighted by atomic mass is 19.1. The van der Waals surface area contributed by atoms with E-state index in [9.17, 15) is 14.3 Å². The largest absolute Gasteiger partial charge is 0.507 e. The number of phenolic OH excluding ortho intramolecular Hbond substituents is 1. The van der Waals surface area contributed by atoms with Crippen LogP contribution in [0.1, 0.15) is 16.8 Å². The molecule has 1 fully saturated rings. The molecule has 0 bridgehead atoms. The third kappa shape index (κ3) is 3.23. The van der Waals surface area contributed by atoms with Crippen LogP contribution in [0, 0.1) is 11.7 Å². The summed E-state index contributed by atoms with van der Waals surface area (Å²) in [4.78, 5) is 16.0. The van der Waals surface area contributed by atoms with E-state index in [1.165, 1.54) is 6.07 Å². The van der Waals surface area contributed by atoms with Gasteiger partial charge in [0.25, 0.3) is 5.91 Å². The van der Waals surface area contributed by atoms with Gasteiger partial charge in [-0.2, -0.15) is 0 Å². The molecule has 1 heterocycles. The molecule has 2 rings (SSSR count). The normalized spacial score (nSPS) is 19.6. The van der Waals surface area contributed by atoms with Crippen molar-refractivity contribution in [1.82, 2.24) is 9.80 Å². The fraction of sp³-hybridized carbons (Fsp3) is 0.500. The first-order chi connectivity index (χ1) is 8.97. The maximum absolute atomic E-state index is 13.1. The van der Waals surface area contributed by atoms with Gasteiger partial charge >= 0.3 is 0 Å². The summed E-state index contributed by atoms with van der Waals surface area (Å²) < 4.78 is 13.1. The summed E-state index contributed by atoms with van der Waals surface area (Å²) in [6.45, 7) is 2.63. The molecule has 5 heteroatoms. The average molecular weight is 266 g/mol. The number of carbonyl (C=O) groups excluding carboxylic acids is 1. The number of hydrogen-bond acceptors (Lipinski definition) is 3. The molecule has 1 saturated heterocycles. The highest BCUT2D eigenvalue weighted by molar-refractivity contribution is 5.96. The molecule has 1 N–H and O–H groups in total. The lowest BCUT2D eigenvalue weighted by Gasteiger charge is -2.21. The number of phenols is 1. The molecule has 1 aliphatic heterocycles. The minimum atomic E-state index is -0.518. The number of rotatable bonds is 3. The summed E-state index contributed by atoms with van der Waals surface area (Å²) >= 11 is 0. The molecule has 0 saturated carbocycles. The van der Waals surface area contributed by atoms with Crippen LogP contribution in [0.25, 0.3) is 0 Å². The fourth-order valence-electron chi connectivity index (χ4n) is 2.53. The maximum atomic E-state index is 13.1. The Hall–Kier alpha value is -1.62. The van der Waals surface area contributed by atoms with Gasteiger partial charge in [-0.05, 0) is 44.1 Å². The average Bonchev–Trinajstić information content (AvgIpc) is 2.77. The van der Waals surface area contributed by atoms with E-state index >= 15 is 0 Å². The van der Waals surface area contributed by atoms with Crippen LogP contribution < -0.4 is 0 Å². The van der Waals surface area contributed by atoms with Crippen LogP contribution in [-0.2, 0) is 0 Å². The molecule has 0 spiro atoms. The van der Waals surface area contributed by atoms with Crippen molar-refractivity contribution < 1.29 is 14.3 Å². The summed E-state index contributed by atoms with van der Waals surface area (Å²) in [5.41, 5.74) is 0.0221. The molecule has 1 aromatic carbocycles. The van der Waals surface area contributed by atoms with E-state index in [1.54, 1.807) is 11.9 Å². The van der Waals surface area contributed by atoms with E-state index in [4.69, 9.17) is 0 Å². The third-order valence-corrected chi connectivity index (χ3v) is 3.56. The molecule has 0 radical (unpaired) electrons. The number of nitrogens with zero attached hydrogens (tertiary/aromatic N) is 2. The van der Waals surface area contributed by atoms with Gasteiger partial charge < -0.3 is 14.9 Å². The van der Waals surface area contributed by atoms with E-state index in [0.29, 0.717) is 12.5 Å². The van der Waals surface area contributed by atoms with Crippen LogP contribution in [0.4, 0.5) is 4.39 Å². The maximum Gasteiger partial charge on any atom is 0.257 e. The molecule has 1 unspecified atom stereocenters. The zero-order valence-corrected chi connectivity index (χ0v) is 11.3. The van der Waals surface area contributed by atoms with Crippen LogP contribution >= 0.6 is 0 Å². The fourth-order valence-corrected chi connectivity index (χ4v) is 2.53. The third-order valence-electron chi connectivity index (χ3n) is 3.56. The van der Waals surface area contributed by atoms with Crippen molar-refractivity contribution in [2.45, 2.75) is 6.42 Å². The van der Waals surface area contributed by atoms with Gasteiger partial charge in [0, 0.05) is 20.1 Å². The Morgan fingerprint density at radius 1 is 1.58 bits per heavy atom. The van der Waals surface area contributed by atoms with E-state index in [-0.39, 0.29) is 17.2 Å². The molecular weight excluding hydrogens is 247 g/mol. The minimum absolute atomic E-state index is 0.0221. The predicted molar refractivity (Wildman–Crippen MR) is 70.6 cm³/mol. The molecule has 0 aliphatic carbocycles. The Kier molecular flexibility index (Phi) is 4.04. The Labute approximate surface area is 112 Å². The minimum Gasteiger partial charge on any atom is -0.507 e. The van der Waals surface area contributed by atoms with Gasteiger partial charge in [-0.1, -0.05) is 0 Å². The Morgan fingerprint density at radius 3 is 2.95 bits per heavy atom. The molecule has 0 aromatic heterocycles. The highest BCUT2D eigenvalue weighted by Crippen LogP contribution is 2.21. The van der Waals surface area contributed by atoms with Crippen molar-refractivity contribution in [1.29, 1.82) is 0 Å². The summed E-state index contributed by atoms with van der Waals surface area (Å²) in [5, 5.41) is 9.63. The molecule has 1 aliphatic rings.